The lowest BCUT2D eigenvalue weighted by atomic mass is 9.82. The van der Waals surface area contributed by atoms with E-state index in [1.807, 2.05) is 48.5 Å². The van der Waals surface area contributed by atoms with Crippen LogP contribution in [0, 0.1) is 0 Å². The molecule has 1 aliphatic carbocycles. The average molecular weight is 644 g/mol. The Morgan fingerprint density at radius 2 is 1.28 bits per heavy atom. The summed E-state index contributed by atoms with van der Waals surface area (Å²) in [6.45, 7) is 0. The van der Waals surface area contributed by atoms with E-state index >= 15 is 0 Å². The van der Waals surface area contributed by atoms with Gasteiger partial charge < -0.3 is 9.32 Å². The summed E-state index contributed by atoms with van der Waals surface area (Å²) in [5.41, 5.74) is 10.4. The first-order valence-corrected chi connectivity index (χ1v) is 16.8. The normalized spacial score (nSPS) is 15.9. The van der Waals surface area contributed by atoms with E-state index in [9.17, 15) is 0 Å². The molecule has 6 heteroatoms. The van der Waals surface area contributed by atoms with Crippen LogP contribution in [-0.2, 0) is 0 Å². The molecular weight excluding hydrogens is 615 g/mol. The largest absolute Gasteiger partial charge is 0.456 e. The molecule has 2 unspecified atom stereocenters. The topological polar surface area (TPSA) is 67.9 Å². The first kappa shape index (κ1) is 28.4. The van der Waals surface area contributed by atoms with Crippen LogP contribution in [0.3, 0.4) is 0 Å². The fourth-order valence-corrected chi connectivity index (χ4v) is 7.57. The van der Waals surface area contributed by atoms with E-state index in [-0.39, 0.29) is 12.0 Å². The van der Waals surface area contributed by atoms with Gasteiger partial charge in [-0.05, 0) is 65.2 Å². The standard InChI is InChI=1S/C44H29N5O/c1-3-12-28(13-4-1)29-14-9-15-30(26-29)42-46-43(31-16-11-25-45-27-31)48-44(47-42)35-21-10-20-34-40-38(50-41(34)35)24-23-37-39(40)33-19-7-8-22-36(33)49(37)32-17-5-2-6-18-32/h1-27,37,39H. The quantitative estimate of drug-likeness (QED) is 0.186. The SMILES string of the molecule is C1=CC2C(c3ccccc3N2c2ccccc2)c2c1oc1c(-c3nc(-c4cccnc4)nc(-c4cccc(-c5ccccc5)c4)n3)cccc21. The van der Waals surface area contributed by atoms with Gasteiger partial charge in [0.1, 0.15) is 11.3 Å². The molecule has 0 bridgehead atoms. The lowest BCUT2D eigenvalue weighted by molar-refractivity contribution is 0.584. The second-order valence-electron chi connectivity index (χ2n) is 12.6. The molecular formula is C44H29N5O. The number of hydrogen-bond acceptors (Lipinski definition) is 6. The molecule has 2 aliphatic rings. The number of hydrogen-bond donors (Lipinski definition) is 0. The third kappa shape index (κ3) is 4.57. The van der Waals surface area contributed by atoms with Gasteiger partial charge in [-0.3, -0.25) is 4.98 Å². The Bertz CT molecular complexity index is 2560. The van der Waals surface area contributed by atoms with Crippen LogP contribution < -0.4 is 4.90 Å². The number of pyridine rings is 1. The number of aromatic nitrogens is 4. The number of furan rings is 1. The van der Waals surface area contributed by atoms with Crippen LogP contribution in [0.25, 0.3) is 62.3 Å². The fourth-order valence-electron chi connectivity index (χ4n) is 7.57. The number of para-hydroxylation sites is 3. The minimum absolute atomic E-state index is 0.100. The van der Waals surface area contributed by atoms with Crippen molar-refractivity contribution in [2.45, 2.75) is 12.0 Å². The van der Waals surface area contributed by atoms with E-state index < -0.39 is 0 Å². The second kappa shape index (κ2) is 11.5. The monoisotopic (exact) mass is 643 g/mol. The molecule has 236 valence electrons. The minimum Gasteiger partial charge on any atom is -0.456 e. The molecule has 5 aromatic carbocycles. The van der Waals surface area contributed by atoms with Crippen LogP contribution in [0.2, 0.25) is 0 Å². The third-order valence-electron chi connectivity index (χ3n) is 9.77. The fraction of sp³-hybridized carbons (Fsp3) is 0.0455. The predicted molar refractivity (Wildman–Crippen MR) is 199 cm³/mol. The minimum atomic E-state index is 0.100. The van der Waals surface area contributed by atoms with Gasteiger partial charge >= 0.3 is 0 Å². The molecule has 50 heavy (non-hydrogen) atoms. The summed E-state index contributed by atoms with van der Waals surface area (Å²) in [5, 5.41) is 1.07. The van der Waals surface area contributed by atoms with Crippen molar-refractivity contribution < 1.29 is 4.42 Å². The van der Waals surface area contributed by atoms with E-state index in [2.05, 4.69) is 113 Å². The van der Waals surface area contributed by atoms with Crippen LogP contribution in [0.5, 0.6) is 0 Å². The van der Waals surface area contributed by atoms with Crippen LogP contribution in [0.15, 0.2) is 162 Å². The molecule has 0 spiro atoms. The summed E-state index contributed by atoms with van der Waals surface area (Å²) in [6, 6.07) is 48.3. The second-order valence-corrected chi connectivity index (χ2v) is 12.6. The van der Waals surface area contributed by atoms with Gasteiger partial charge in [0.2, 0.25) is 0 Å². The molecule has 0 saturated carbocycles. The van der Waals surface area contributed by atoms with Gasteiger partial charge in [0.25, 0.3) is 0 Å². The third-order valence-corrected chi connectivity index (χ3v) is 9.77. The predicted octanol–water partition coefficient (Wildman–Crippen LogP) is 10.4. The van der Waals surface area contributed by atoms with Gasteiger partial charge in [0.15, 0.2) is 17.5 Å². The number of benzene rings is 5. The van der Waals surface area contributed by atoms with Crippen molar-refractivity contribution in [3.05, 3.63) is 175 Å². The number of nitrogens with zero attached hydrogens (tertiary/aromatic N) is 5. The molecule has 0 saturated heterocycles. The number of anilines is 2. The molecule has 3 aromatic heterocycles. The Hall–Kier alpha value is -6.66. The molecule has 0 N–H and O–H groups in total. The van der Waals surface area contributed by atoms with Gasteiger partial charge in [-0.2, -0.15) is 0 Å². The lowest BCUT2D eigenvalue weighted by Crippen LogP contribution is -2.30. The number of rotatable bonds is 5. The summed E-state index contributed by atoms with van der Waals surface area (Å²) in [6.07, 6.45) is 7.96. The molecule has 10 rings (SSSR count). The molecule has 6 nitrogen and oxygen atoms in total. The summed E-state index contributed by atoms with van der Waals surface area (Å²) < 4.78 is 6.79. The lowest BCUT2D eigenvalue weighted by Gasteiger charge is -2.30. The highest BCUT2D eigenvalue weighted by molar-refractivity contribution is 5.97. The highest BCUT2D eigenvalue weighted by Crippen LogP contribution is 2.54. The van der Waals surface area contributed by atoms with Gasteiger partial charge in [0, 0.05) is 51.8 Å². The van der Waals surface area contributed by atoms with Crippen molar-refractivity contribution in [3.8, 4) is 45.3 Å². The van der Waals surface area contributed by atoms with Gasteiger partial charge in [-0.25, -0.2) is 15.0 Å². The van der Waals surface area contributed by atoms with Crippen molar-refractivity contribution in [3.63, 3.8) is 0 Å². The highest BCUT2D eigenvalue weighted by atomic mass is 16.3. The maximum atomic E-state index is 6.79. The van der Waals surface area contributed by atoms with E-state index in [0.29, 0.717) is 17.5 Å². The molecule has 0 amide bonds. The smallest absolute Gasteiger partial charge is 0.167 e. The molecule has 0 radical (unpaired) electrons. The van der Waals surface area contributed by atoms with Crippen molar-refractivity contribution in [2.24, 2.45) is 0 Å². The Kier molecular flexibility index (Phi) is 6.52. The zero-order valence-corrected chi connectivity index (χ0v) is 26.9. The van der Waals surface area contributed by atoms with Gasteiger partial charge in [-0.1, -0.05) is 103 Å². The molecule has 8 aromatic rings. The zero-order valence-electron chi connectivity index (χ0n) is 26.9. The van der Waals surface area contributed by atoms with E-state index in [4.69, 9.17) is 19.4 Å². The summed E-state index contributed by atoms with van der Waals surface area (Å²) >= 11 is 0. The Morgan fingerprint density at radius 1 is 0.580 bits per heavy atom. The first-order valence-electron chi connectivity index (χ1n) is 16.8. The summed E-state index contributed by atoms with van der Waals surface area (Å²) in [7, 11) is 0. The van der Waals surface area contributed by atoms with Crippen LogP contribution >= 0.6 is 0 Å². The molecule has 4 heterocycles. The summed E-state index contributed by atoms with van der Waals surface area (Å²) in [4.78, 5) is 21.9. The van der Waals surface area contributed by atoms with E-state index in [0.717, 1.165) is 44.5 Å². The zero-order chi connectivity index (χ0) is 33.0. The van der Waals surface area contributed by atoms with Crippen molar-refractivity contribution >= 4 is 28.4 Å². The van der Waals surface area contributed by atoms with Crippen molar-refractivity contribution in [2.75, 3.05) is 4.90 Å². The average Bonchev–Trinajstić information content (AvgIpc) is 3.74. The molecule has 1 aliphatic heterocycles. The maximum absolute atomic E-state index is 6.79. The van der Waals surface area contributed by atoms with Crippen LogP contribution in [0.1, 0.15) is 22.8 Å². The number of fused-ring (bicyclic) bond motifs is 7. The first-order chi connectivity index (χ1) is 24.8. The van der Waals surface area contributed by atoms with Crippen molar-refractivity contribution in [1.29, 1.82) is 0 Å². The van der Waals surface area contributed by atoms with Crippen LogP contribution in [-0.4, -0.2) is 26.0 Å². The Labute approximate surface area is 289 Å². The Morgan fingerprint density at radius 3 is 2.12 bits per heavy atom. The van der Waals surface area contributed by atoms with Crippen molar-refractivity contribution in [1.82, 2.24) is 19.9 Å². The summed E-state index contributed by atoms with van der Waals surface area (Å²) in [5.74, 6) is 2.66. The molecule has 2 atom stereocenters. The van der Waals surface area contributed by atoms with Gasteiger partial charge in [0.05, 0.1) is 11.6 Å². The highest BCUT2D eigenvalue weighted by Gasteiger charge is 2.43. The molecule has 0 fully saturated rings. The maximum Gasteiger partial charge on any atom is 0.167 e. The van der Waals surface area contributed by atoms with Gasteiger partial charge in [-0.15, -0.1) is 0 Å². The van der Waals surface area contributed by atoms with E-state index in [1.165, 1.54) is 22.5 Å². The Balaban J connectivity index is 1.14. The van der Waals surface area contributed by atoms with Crippen LogP contribution in [0.4, 0.5) is 11.4 Å². The van der Waals surface area contributed by atoms with E-state index in [1.54, 1.807) is 12.4 Å².